The van der Waals surface area contributed by atoms with Crippen molar-refractivity contribution in [2.75, 3.05) is 26.3 Å². The molecule has 5 heteroatoms. The zero-order chi connectivity index (χ0) is 22.9. The van der Waals surface area contributed by atoms with Crippen molar-refractivity contribution in [3.05, 3.63) is 107 Å². The molecule has 0 spiro atoms. The number of ether oxygens (including phenoxy) is 1. The molecule has 32 heavy (non-hydrogen) atoms. The fraction of sp³-hybridized carbons (Fsp3) is 0.333. The van der Waals surface area contributed by atoms with Gasteiger partial charge in [0, 0.05) is 49.7 Å². The van der Waals surface area contributed by atoms with Gasteiger partial charge in [-0.15, -0.1) is 0 Å². The Morgan fingerprint density at radius 1 is 1.25 bits per heavy atom. The Morgan fingerprint density at radius 2 is 2.03 bits per heavy atom. The topological polar surface area (TPSA) is 36.5 Å². The minimum atomic E-state index is -0.219. The predicted octanol–water partition coefficient (Wildman–Crippen LogP) is 4.97. The largest absolute Gasteiger partial charge is 0.385 e. The highest BCUT2D eigenvalue weighted by atomic mass is 19.1. The second-order valence-electron chi connectivity index (χ2n) is 8.30. The third kappa shape index (κ3) is 6.99. The van der Waals surface area contributed by atoms with Gasteiger partial charge in [-0.3, -0.25) is 0 Å². The fourth-order valence-electron chi connectivity index (χ4n) is 3.73. The van der Waals surface area contributed by atoms with Gasteiger partial charge in [0.2, 0.25) is 0 Å². The number of rotatable bonds is 9. The predicted molar refractivity (Wildman–Crippen MR) is 130 cm³/mol. The van der Waals surface area contributed by atoms with E-state index in [0.29, 0.717) is 6.54 Å². The molecule has 1 unspecified atom stereocenters. The zero-order valence-electron chi connectivity index (χ0n) is 19.2. The minimum absolute atomic E-state index is 0.175. The Bertz CT molecular complexity index is 951. The van der Waals surface area contributed by atoms with E-state index in [9.17, 15) is 4.39 Å². The molecule has 0 aliphatic carbocycles. The average Bonchev–Trinajstić information content (AvgIpc) is 2.79. The van der Waals surface area contributed by atoms with Gasteiger partial charge in [-0.25, -0.2) is 4.39 Å². The molecule has 1 aromatic rings. The number of dihydropyridines is 1. The number of hydrogen-bond acceptors (Lipinski definition) is 4. The van der Waals surface area contributed by atoms with Gasteiger partial charge in [0.25, 0.3) is 0 Å². The van der Waals surface area contributed by atoms with Crippen LogP contribution in [0.25, 0.3) is 0 Å². The van der Waals surface area contributed by atoms with E-state index in [1.165, 1.54) is 23.4 Å². The van der Waals surface area contributed by atoms with Crippen LogP contribution in [0.1, 0.15) is 25.8 Å². The minimum Gasteiger partial charge on any atom is -0.385 e. The molecular weight excluding hydrogens is 401 g/mol. The van der Waals surface area contributed by atoms with Crippen molar-refractivity contribution in [1.29, 1.82) is 0 Å². The third-order valence-corrected chi connectivity index (χ3v) is 5.59. The quantitative estimate of drug-likeness (QED) is 0.537. The van der Waals surface area contributed by atoms with Gasteiger partial charge < -0.3 is 20.3 Å². The SMILES string of the molecule is C=C(CC1C=CC(/C(C)=C/C=C(\C(=C)C)N2CCOCC2)=CN1)NCc1cccc(F)c1. The number of nitrogens with one attached hydrogen (secondary N) is 2. The Labute approximate surface area is 191 Å². The zero-order valence-corrected chi connectivity index (χ0v) is 19.2. The van der Waals surface area contributed by atoms with Gasteiger partial charge in [-0.1, -0.05) is 43.5 Å². The molecule has 1 fully saturated rings. The van der Waals surface area contributed by atoms with Gasteiger partial charge in [0.1, 0.15) is 5.82 Å². The number of halogens is 1. The maximum atomic E-state index is 13.3. The molecule has 0 radical (unpaired) electrons. The molecule has 2 aliphatic rings. The van der Waals surface area contributed by atoms with Crippen molar-refractivity contribution in [2.45, 2.75) is 32.9 Å². The smallest absolute Gasteiger partial charge is 0.123 e. The van der Waals surface area contributed by atoms with E-state index in [1.54, 1.807) is 6.07 Å². The monoisotopic (exact) mass is 435 g/mol. The van der Waals surface area contributed by atoms with Crippen LogP contribution in [0.5, 0.6) is 0 Å². The van der Waals surface area contributed by atoms with Crippen LogP contribution in [0.3, 0.4) is 0 Å². The van der Waals surface area contributed by atoms with Crippen LogP contribution in [0.4, 0.5) is 4.39 Å². The van der Waals surface area contributed by atoms with Gasteiger partial charge in [0.05, 0.1) is 13.2 Å². The van der Waals surface area contributed by atoms with Crippen molar-refractivity contribution in [1.82, 2.24) is 15.5 Å². The van der Waals surface area contributed by atoms with E-state index in [-0.39, 0.29) is 11.9 Å². The van der Waals surface area contributed by atoms with E-state index in [4.69, 9.17) is 4.74 Å². The molecular formula is C27H34FN3O. The number of morpholine rings is 1. The van der Waals surface area contributed by atoms with Crippen LogP contribution >= 0.6 is 0 Å². The average molecular weight is 436 g/mol. The van der Waals surface area contributed by atoms with Gasteiger partial charge in [-0.2, -0.15) is 0 Å². The second-order valence-corrected chi connectivity index (χ2v) is 8.30. The second kappa shape index (κ2) is 11.5. The van der Waals surface area contributed by atoms with Crippen molar-refractivity contribution in [2.24, 2.45) is 0 Å². The van der Waals surface area contributed by atoms with Crippen LogP contribution in [-0.2, 0) is 11.3 Å². The fourth-order valence-corrected chi connectivity index (χ4v) is 3.73. The Hall–Kier alpha value is -3.05. The molecule has 0 aromatic heterocycles. The van der Waals surface area contributed by atoms with Gasteiger partial charge in [-0.05, 0) is 54.3 Å². The summed E-state index contributed by atoms with van der Waals surface area (Å²) in [6.45, 7) is 16.3. The van der Waals surface area contributed by atoms with Crippen molar-refractivity contribution < 1.29 is 9.13 Å². The summed E-state index contributed by atoms with van der Waals surface area (Å²) in [7, 11) is 0. The summed E-state index contributed by atoms with van der Waals surface area (Å²) in [5.41, 5.74) is 6.38. The number of hydrogen-bond donors (Lipinski definition) is 2. The Kier molecular flexibility index (Phi) is 8.51. The molecule has 0 amide bonds. The van der Waals surface area contributed by atoms with Crippen molar-refractivity contribution >= 4 is 0 Å². The van der Waals surface area contributed by atoms with Crippen molar-refractivity contribution in [3.63, 3.8) is 0 Å². The summed E-state index contributed by atoms with van der Waals surface area (Å²) in [4.78, 5) is 2.33. The van der Waals surface area contributed by atoms with Crippen LogP contribution in [0, 0.1) is 5.82 Å². The summed E-state index contributed by atoms with van der Waals surface area (Å²) < 4.78 is 18.8. The first-order valence-corrected chi connectivity index (χ1v) is 11.1. The molecule has 3 rings (SSSR count). The molecule has 4 nitrogen and oxygen atoms in total. The molecule has 2 heterocycles. The first-order valence-electron chi connectivity index (χ1n) is 11.1. The highest BCUT2D eigenvalue weighted by Gasteiger charge is 2.14. The lowest BCUT2D eigenvalue weighted by Crippen LogP contribution is -2.35. The standard InChI is InChI=1S/C27H34FN3O/c1-20(2)27(31-12-14-32-15-13-31)11-8-21(3)24-9-10-26(30-19-24)16-22(4)29-18-23-6-5-7-25(28)17-23/h5-11,17,19,26,29-30H,1,4,12-16,18H2,2-3H3/b21-8+,27-11+. The lowest BCUT2D eigenvalue weighted by Gasteiger charge is -2.31. The van der Waals surface area contributed by atoms with E-state index >= 15 is 0 Å². The van der Waals surface area contributed by atoms with Gasteiger partial charge >= 0.3 is 0 Å². The maximum Gasteiger partial charge on any atom is 0.123 e. The maximum absolute atomic E-state index is 13.3. The van der Waals surface area contributed by atoms with E-state index < -0.39 is 0 Å². The van der Waals surface area contributed by atoms with Crippen LogP contribution < -0.4 is 10.6 Å². The summed E-state index contributed by atoms with van der Waals surface area (Å²) in [5, 5.41) is 6.73. The lowest BCUT2D eigenvalue weighted by atomic mass is 10.0. The van der Waals surface area contributed by atoms with Crippen LogP contribution in [0.2, 0.25) is 0 Å². The Morgan fingerprint density at radius 3 is 2.69 bits per heavy atom. The molecule has 0 saturated carbocycles. The highest BCUT2D eigenvalue weighted by molar-refractivity contribution is 5.43. The van der Waals surface area contributed by atoms with Gasteiger partial charge in [0.15, 0.2) is 0 Å². The van der Waals surface area contributed by atoms with Crippen molar-refractivity contribution in [3.8, 4) is 0 Å². The molecule has 2 aliphatic heterocycles. The molecule has 1 aromatic carbocycles. The van der Waals surface area contributed by atoms with Crippen LogP contribution in [-0.4, -0.2) is 37.2 Å². The summed E-state index contributed by atoms with van der Waals surface area (Å²) in [6, 6.07) is 6.79. The lowest BCUT2D eigenvalue weighted by molar-refractivity contribution is 0.0548. The first kappa shape index (κ1) is 23.6. The van der Waals surface area contributed by atoms with E-state index in [0.717, 1.165) is 55.1 Å². The molecule has 1 saturated heterocycles. The number of benzene rings is 1. The molecule has 1 atom stereocenters. The summed E-state index contributed by atoms with van der Waals surface area (Å²) >= 11 is 0. The summed E-state index contributed by atoms with van der Waals surface area (Å²) in [5.74, 6) is -0.219. The highest BCUT2D eigenvalue weighted by Crippen LogP contribution is 2.20. The molecule has 2 N–H and O–H groups in total. The third-order valence-electron chi connectivity index (χ3n) is 5.59. The first-order chi connectivity index (χ1) is 15.4. The summed E-state index contributed by atoms with van der Waals surface area (Å²) in [6.07, 6.45) is 11.4. The van der Waals surface area contributed by atoms with Crippen LogP contribution in [0.15, 0.2) is 96.0 Å². The van der Waals surface area contributed by atoms with E-state index in [2.05, 4.69) is 66.1 Å². The number of allylic oxidation sites excluding steroid dienone is 6. The molecule has 0 bridgehead atoms. The number of nitrogens with zero attached hydrogens (tertiary/aromatic N) is 1. The van der Waals surface area contributed by atoms with E-state index in [1.807, 2.05) is 13.0 Å². The molecule has 170 valence electrons. The Balaban J connectivity index is 1.52. The normalized spacial score (nSPS) is 19.3.